The van der Waals surface area contributed by atoms with Gasteiger partial charge in [0.1, 0.15) is 23.3 Å². The van der Waals surface area contributed by atoms with Crippen molar-refractivity contribution in [1.29, 1.82) is 0 Å². The van der Waals surface area contributed by atoms with Gasteiger partial charge >= 0.3 is 0 Å². The first kappa shape index (κ1) is 44.2. The molecule has 0 spiro atoms. The lowest BCUT2D eigenvalue weighted by Crippen LogP contribution is -2.18. The minimum Gasteiger partial charge on any atom is -0.366 e. The summed E-state index contributed by atoms with van der Waals surface area (Å²) in [5.74, 6) is 0.491. The zero-order chi connectivity index (χ0) is 41.9. The van der Waals surface area contributed by atoms with Gasteiger partial charge in [-0.15, -0.1) is 0 Å². The fourth-order valence-corrected chi connectivity index (χ4v) is 7.99. The second kappa shape index (κ2) is 18.5. The third-order valence-electron chi connectivity index (χ3n) is 8.81. The standard InChI is InChI=1S/C20H17BrFN5O2S.C19H13BrClFN4O2S.CH4/c1-23-30(28,29)14-8-6-13(7-9-14)11-24-19-10-18(15-4-2-3-5-17(15)22)26-20-16(21)12-25-27(19)20;20-15-11-24-26-18(23-10-12-5-7-13(8-6-12)29(21,27)28)9-17(25-19(15)26)14-3-1-2-4-16(14)22;/h2-10,12,23-24H,11H2,1H3;1-9,11,23H,10H2;1H4. The number of rotatable bonds is 11. The molecule has 3 N–H and O–H groups in total. The van der Waals surface area contributed by atoms with Crippen molar-refractivity contribution in [2.24, 2.45) is 0 Å². The van der Waals surface area contributed by atoms with Crippen molar-refractivity contribution in [2.45, 2.75) is 30.3 Å². The van der Waals surface area contributed by atoms with Gasteiger partial charge in [0.15, 0.2) is 11.3 Å². The van der Waals surface area contributed by atoms with E-state index in [2.05, 4.69) is 67.4 Å². The van der Waals surface area contributed by atoms with Gasteiger partial charge in [0.05, 0.1) is 42.5 Å². The van der Waals surface area contributed by atoms with Gasteiger partial charge in [0, 0.05) is 47.0 Å². The summed E-state index contributed by atoms with van der Waals surface area (Å²) in [6.07, 6.45) is 3.23. The van der Waals surface area contributed by atoms with E-state index in [1.54, 1.807) is 106 Å². The Morgan fingerprint density at radius 1 is 0.633 bits per heavy atom. The molecule has 0 fully saturated rings. The molecule has 0 radical (unpaired) electrons. The van der Waals surface area contributed by atoms with Gasteiger partial charge in [-0.1, -0.05) is 56.0 Å². The fraction of sp³-hybridized carbons (Fsp3) is 0.100. The molecule has 0 saturated carbocycles. The molecule has 0 saturated heterocycles. The van der Waals surface area contributed by atoms with Gasteiger partial charge in [0.25, 0.3) is 9.05 Å². The summed E-state index contributed by atoms with van der Waals surface area (Å²) in [7, 11) is -0.534. The molecule has 0 aliphatic carbocycles. The molecule has 0 amide bonds. The molecule has 20 heteroatoms. The first-order chi connectivity index (χ1) is 28.2. The first-order valence-electron chi connectivity index (χ1n) is 17.3. The van der Waals surface area contributed by atoms with E-state index in [0.29, 0.717) is 67.5 Å². The highest BCUT2D eigenvalue weighted by Gasteiger charge is 2.17. The summed E-state index contributed by atoms with van der Waals surface area (Å²) >= 11 is 6.84. The number of nitrogens with zero attached hydrogens (tertiary/aromatic N) is 6. The molecule has 310 valence electrons. The van der Waals surface area contributed by atoms with Crippen LogP contribution in [-0.2, 0) is 32.2 Å². The molecule has 0 unspecified atom stereocenters. The van der Waals surface area contributed by atoms with Crippen LogP contribution in [0.15, 0.2) is 140 Å². The highest BCUT2D eigenvalue weighted by molar-refractivity contribution is 9.11. The number of benzene rings is 4. The zero-order valence-electron chi connectivity index (χ0n) is 30.5. The largest absolute Gasteiger partial charge is 0.366 e. The maximum Gasteiger partial charge on any atom is 0.261 e. The van der Waals surface area contributed by atoms with Crippen LogP contribution in [0.2, 0.25) is 0 Å². The second-order valence-electron chi connectivity index (χ2n) is 12.6. The topological polar surface area (TPSA) is 165 Å². The van der Waals surface area contributed by atoms with Crippen LogP contribution in [0, 0.1) is 11.6 Å². The highest BCUT2D eigenvalue weighted by atomic mass is 79.9. The molecule has 0 aliphatic rings. The number of anilines is 2. The summed E-state index contributed by atoms with van der Waals surface area (Å²) < 4.78 is 81.9. The number of hydrogen-bond donors (Lipinski definition) is 3. The molecule has 0 bridgehead atoms. The summed E-state index contributed by atoms with van der Waals surface area (Å²) in [6, 6.07) is 29.0. The Kier molecular flexibility index (Phi) is 13.7. The van der Waals surface area contributed by atoms with Gasteiger partial charge in [-0.2, -0.15) is 19.2 Å². The Morgan fingerprint density at radius 2 is 1.03 bits per heavy atom. The van der Waals surface area contributed by atoms with Crippen LogP contribution in [0.4, 0.5) is 20.4 Å². The van der Waals surface area contributed by atoms with E-state index < -0.39 is 19.1 Å². The van der Waals surface area contributed by atoms with Crippen LogP contribution < -0.4 is 15.4 Å². The Labute approximate surface area is 365 Å². The van der Waals surface area contributed by atoms with Gasteiger partial charge in [-0.25, -0.2) is 40.3 Å². The maximum absolute atomic E-state index is 14.3. The number of halogens is 5. The van der Waals surface area contributed by atoms with Gasteiger partial charge in [0.2, 0.25) is 10.0 Å². The number of aromatic nitrogens is 6. The van der Waals surface area contributed by atoms with Crippen molar-refractivity contribution in [3.05, 3.63) is 153 Å². The van der Waals surface area contributed by atoms with E-state index in [-0.39, 0.29) is 28.9 Å². The monoisotopic (exact) mass is 999 g/mol. The Morgan fingerprint density at radius 3 is 1.42 bits per heavy atom. The second-order valence-corrected chi connectivity index (χ2v) is 18.8. The SMILES string of the molecule is C.CNS(=O)(=O)c1ccc(CNc2cc(-c3ccccc3F)nc3c(Br)cnn23)cc1.O=S(=O)(Cl)c1ccc(CNc2cc(-c3ccccc3F)nc3c(Br)cnn23)cc1. The molecule has 8 rings (SSSR count). The molecular weight excluding hydrogens is 968 g/mol. The number of hydrogen-bond acceptors (Lipinski definition) is 10. The van der Waals surface area contributed by atoms with Crippen LogP contribution >= 0.6 is 42.5 Å². The van der Waals surface area contributed by atoms with Crippen molar-refractivity contribution in [3.8, 4) is 22.5 Å². The average molecular weight is 1000 g/mol. The smallest absolute Gasteiger partial charge is 0.261 e. The van der Waals surface area contributed by atoms with E-state index in [1.165, 1.54) is 31.3 Å². The van der Waals surface area contributed by atoms with Gasteiger partial charge in [-0.05, 0) is 98.6 Å². The van der Waals surface area contributed by atoms with Gasteiger partial charge in [-0.3, -0.25) is 0 Å². The predicted molar refractivity (Wildman–Crippen MR) is 236 cm³/mol. The van der Waals surface area contributed by atoms with Crippen LogP contribution in [0.3, 0.4) is 0 Å². The van der Waals surface area contributed by atoms with E-state index in [9.17, 15) is 25.6 Å². The summed E-state index contributed by atoms with van der Waals surface area (Å²) in [5, 5.41) is 15.1. The molecule has 4 aromatic carbocycles. The third-order valence-corrected chi connectivity index (χ3v) is 12.7. The Hall–Kier alpha value is -5.31. The van der Waals surface area contributed by atoms with E-state index >= 15 is 0 Å². The Balaban J connectivity index is 0.000000198. The zero-order valence-corrected chi connectivity index (χ0v) is 36.0. The fourth-order valence-electron chi connectivity index (χ4n) is 5.80. The molecule has 13 nitrogen and oxygen atoms in total. The molecular formula is C40H34Br2ClF2N9O4S2. The molecule has 0 atom stereocenters. The summed E-state index contributed by atoms with van der Waals surface area (Å²) in [4.78, 5) is 9.27. The average Bonchev–Trinajstić information content (AvgIpc) is 3.81. The quantitative estimate of drug-likeness (QED) is 0.106. The first-order valence-corrected chi connectivity index (χ1v) is 22.7. The summed E-state index contributed by atoms with van der Waals surface area (Å²) in [6.45, 7) is 0.795. The molecule has 60 heavy (non-hydrogen) atoms. The predicted octanol–water partition coefficient (Wildman–Crippen LogP) is 9.29. The Bertz CT molecular complexity index is 3050. The number of nitrogens with one attached hydrogen (secondary N) is 3. The molecule has 4 aromatic heterocycles. The third kappa shape index (κ3) is 9.83. The lowest BCUT2D eigenvalue weighted by molar-refractivity contribution is 0.588. The maximum atomic E-state index is 14.3. The number of sulfonamides is 1. The number of fused-ring (bicyclic) bond motifs is 2. The molecule has 0 aliphatic heterocycles. The van der Waals surface area contributed by atoms with Crippen LogP contribution in [0.1, 0.15) is 18.6 Å². The molecule has 4 heterocycles. The minimum absolute atomic E-state index is 0. The van der Waals surface area contributed by atoms with Crippen LogP contribution in [0.25, 0.3) is 33.8 Å². The van der Waals surface area contributed by atoms with Crippen molar-refractivity contribution in [3.63, 3.8) is 0 Å². The minimum atomic E-state index is -3.76. The van der Waals surface area contributed by atoms with E-state index in [1.807, 2.05) is 0 Å². The summed E-state index contributed by atoms with van der Waals surface area (Å²) in [5.41, 5.74) is 4.49. The van der Waals surface area contributed by atoms with Crippen molar-refractivity contribution in [1.82, 2.24) is 33.9 Å². The van der Waals surface area contributed by atoms with Crippen LogP contribution in [-0.4, -0.2) is 53.1 Å². The molecule has 8 aromatic rings. The van der Waals surface area contributed by atoms with Crippen molar-refractivity contribution < 1.29 is 25.6 Å². The van der Waals surface area contributed by atoms with E-state index in [0.717, 1.165) is 11.1 Å². The van der Waals surface area contributed by atoms with E-state index in [4.69, 9.17) is 10.7 Å². The van der Waals surface area contributed by atoms with Crippen molar-refractivity contribution in [2.75, 3.05) is 17.7 Å². The van der Waals surface area contributed by atoms with Crippen LogP contribution in [0.5, 0.6) is 0 Å². The van der Waals surface area contributed by atoms with Crippen molar-refractivity contribution >= 4 is 84.5 Å². The normalized spacial score (nSPS) is 11.5. The lowest BCUT2D eigenvalue weighted by atomic mass is 10.1. The van der Waals surface area contributed by atoms with Gasteiger partial charge < -0.3 is 10.6 Å². The highest BCUT2D eigenvalue weighted by Crippen LogP contribution is 2.29. The lowest BCUT2D eigenvalue weighted by Gasteiger charge is -2.12.